The molecule has 0 saturated heterocycles. The highest BCUT2D eigenvalue weighted by molar-refractivity contribution is 6.09. The predicted molar refractivity (Wildman–Crippen MR) is 117 cm³/mol. The fourth-order valence-corrected chi connectivity index (χ4v) is 3.35. The first-order valence-corrected chi connectivity index (χ1v) is 9.33. The molecule has 4 aromatic rings. The lowest BCUT2D eigenvalue weighted by Crippen LogP contribution is -2.04. The van der Waals surface area contributed by atoms with Crippen LogP contribution >= 0.6 is 0 Å². The number of carbonyl (C=O) groups is 1. The molecular formula is C25H22N2O. The largest absolute Gasteiger partial charge is 0.359 e. The molecule has 4 rings (SSSR count). The Balaban J connectivity index is 1.75. The van der Waals surface area contributed by atoms with E-state index in [0.717, 1.165) is 33.7 Å². The number of H-pyrrole nitrogens is 1. The SMILES string of the molecule is Cc1cc2cc(C)c(NC(=CC(=O)c3ccccc3)c3ccccc3)cc2[nH]1. The number of allylic oxidation sites excluding steroid dienone is 1. The number of anilines is 1. The standard InChI is InChI=1S/C25H22N2O/c1-17-13-21-14-18(2)26-23(21)15-22(17)27-24(19-9-5-3-6-10-19)16-25(28)20-11-7-4-8-12-20/h3-16,26-27H,1-2H3. The van der Waals surface area contributed by atoms with Gasteiger partial charge in [0.15, 0.2) is 5.78 Å². The second kappa shape index (κ2) is 7.57. The fraction of sp³-hybridized carbons (Fsp3) is 0.0800. The second-order valence-corrected chi connectivity index (χ2v) is 6.99. The van der Waals surface area contributed by atoms with E-state index in [4.69, 9.17) is 0 Å². The zero-order valence-corrected chi connectivity index (χ0v) is 16.0. The fourth-order valence-electron chi connectivity index (χ4n) is 3.35. The van der Waals surface area contributed by atoms with E-state index in [1.165, 1.54) is 5.39 Å². The Bertz CT molecular complexity index is 1160. The number of carbonyl (C=O) groups excluding carboxylic acids is 1. The van der Waals surface area contributed by atoms with Crippen molar-refractivity contribution >= 4 is 28.1 Å². The quantitative estimate of drug-likeness (QED) is 0.330. The molecule has 0 aliphatic heterocycles. The van der Waals surface area contributed by atoms with Crippen molar-refractivity contribution in [3.8, 4) is 0 Å². The highest BCUT2D eigenvalue weighted by Crippen LogP contribution is 2.27. The molecule has 0 aliphatic carbocycles. The molecule has 3 aromatic carbocycles. The third kappa shape index (κ3) is 3.74. The van der Waals surface area contributed by atoms with Crippen LogP contribution in [-0.2, 0) is 0 Å². The Hall–Kier alpha value is -3.59. The Morgan fingerprint density at radius 1 is 0.857 bits per heavy atom. The van der Waals surface area contributed by atoms with Crippen molar-refractivity contribution in [2.75, 3.05) is 5.32 Å². The first-order valence-electron chi connectivity index (χ1n) is 9.33. The molecule has 0 fully saturated rings. The third-order valence-electron chi connectivity index (χ3n) is 4.79. The van der Waals surface area contributed by atoms with Gasteiger partial charge in [0.2, 0.25) is 0 Å². The first kappa shape index (κ1) is 17.8. The Kier molecular flexibility index (Phi) is 4.81. The minimum absolute atomic E-state index is 0.0265. The van der Waals surface area contributed by atoms with Crippen molar-refractivity contribution in [3.63, 3.8) is 0 Å². The average molecular weight is 366 g/mol. The lowest BCUT2D eigenvalue weighted by Gasteiger charge is -2.14. The molecule has 0 unspecified atom stereocenters. The molecule has 3 nitrogen and oxygen atoms in total. The van der Waals surface area contributed by atoms with Crippen molar-refractivity contribution < 1.29 is 4.79 Å². The van der Waals surface area contributed by atoms with Crippen LogP contribution in [-0.4, -0.2) is 10.8 Å². The highest BCUT2D eigenvalue weighted by Gasteiger charge is 2.10. The van der Waals surface area contributed by atoms with Crippen LogP contribution in [0.4, 0.5) is 5.69 Å². The van der Waals surface area contributed by atoms with E-state index in [1.807, 2.05) is 60.7 Å². The normalized spacial score (nSPS) is 11.6. The lowest BCUT2D eigenvalue weighted by atomic mass is 10.1. The molecule has 0 radical (unpaired) electrons. The van der Waals surface area contributed by atoms with Crippen LogP contribution in [0.5, 0.6) is 0 Å². The molecule has 0 aliphatic rings. The minimum atomic E-state index is -0.0265. The maximum Gasteiger partial charge on any atom is 0.187 e. The van der Waals surface area contributed by atoms with Gasteiger partial charge in [-0.05, 0) is 43.2 Å². The second-order valence-electron chi connectivity index (χ2n) is 6.99. The average Bonchev–Trinajstić information content (AvgIpc) is 3.07. The van der Waals surface area contributed by atoms with Crippen LogP contribution in [0, 0.1) is 13.8 Å². The van der Waals surface area contributed by atoms with Gasteiger partial charge in [-0.2, -0.15) is 0 Å². The van der Waals surface area contributed by atoms with Crippen LogP contribution in [0.3, 0.4) is 0 Å². The maximum atomic E-state index is 12.8. The van der Waals surface area contributed by atoms with Crippen molar-refractivity contribution in [2.24, 2.45) is 0 Å². The number of nitrogens with one attached hydrogen (secondary N) is 2. The molecule has 2 N–H and O–H groups in total. The van der Waals surface area contributed by atoms with E-state index in [0.29, 0.717) is 5.56 Å². The molecule has 138 valence electrons. The smallest absolute Gasteiger partial charge is 0.187 e. The molecular weight excluding hydrogens is 344 g/mol. The van der Waals surface area contributed by atoms with Gasteiger partial charge >= 0.3 is 0 Å². The molecule has 0 bridgehead atoms. The number of fused-ring (bicyclic) bond motifs is 1. The number of hydrogen-bond donors (Lipinski definition) is 2. The predicted octanol–water partition coefficient (Wildman–Crippen LogP) is 6.12. The van der Waals surface area contributed by atoms with E-state index < -0.39 is 0 Å². The summed E-state index contributed by atoms with van der Waals surface area (Å²) in [5, 5.41) is 4.67. The number of rotatable bonds is 5. The first-order chi connectivity index (χ1) is 13.6. The number of aryl methyl sites for hydroxylation is 2. The molecule has 0 amide bonds. The van der Waals surface area contributed by atoms with Gasteiger partial charge in [-0.1, -0.05) is 60.7 Å². The molecule has 0 atom stereocenters. The molecule has 3 heteroatoms. The van der Waals surface area contributed by atoms with Crippen LogP contribution in [0.2, 0.25) is 0 Å². The van der Waals surface area contributed by atoms with Crippen LogP contribution in [0.25, 0.3) is 16.6 Å². The van der Waals surface area contributed by atoms with Gasteiger partial charge in [0.1, 0.15) is 0 Å². The third-order valence-corrected chi connectivity index (χ3v) is 4.79. The summed E-state index contributed by atoms with van der Waals surface area (Å²) in [6.45, 7) is 4.13. The van der Waals surface area contributed by atoms with Crippen LogP contribution < -0.4 is 5.32 Å². The number of aromatic amines is 1. The van der Waals surface area contributed by atoms with Gasteiger partial charge in [0.05, 0.1) is 0 Å². The maximum absolute atomic E-state index is 12.8. The van der Waals surface area contributed by atoms with Gasteiger partial charge < -0.3 is 10.3 Å². The van der Waals surface area contributed by atoms with E-state index >= 15 is 0 Å². The summed E-state index contributed by atoms with van der Waals surface area (Å²) in [5.74, 6) is -0.0265. The number of aromatic nitrogens is 1. The van der Waals surface area contributed by atoms with E-state index in [-0.39, 0.29) is 5.78 Å². The minimum Gasteiger partial charge on any atom is -0.359 e. The lowest BCUT2D eigenvalue weighted by molar-refractivity contribution is 0.104. The summed E-state index contributed by atoms with van der Waals surface area (Å²) in [7, 11) is 0. The summed E-state index contributed by atoms with van der Waals surface area (Å²) in [5.41, 5.74) is 6.72. The number of ketones is 1. The summed E-state index contributed by atoms with van der Waals surface area (Å²) in [6.07, 6.45) is 1.67. The van der Waals surface area contributed by atoms with Gasteiger partial charge in [0, 0.05) is 39.6 Å². The van der Waals surface area contributed by atoms with Gasteiger partial charge in [-0.25, -0.2) is 0 Å². The molecule has 1 aromatic heterocycles. The summed E-state index contributed by atoms with van der Waals surface area (Å²) < 4.78 is 0. The highest BCUT2D eigenvalue weighted by atomic mass is 16.1. The van der Waals surface area contributed by atoms with Gasteiger partial charge in [0.25, 0.3) is 0 Å². The Morgan fingerprint density at radius 2 is 1.50 bits per heavy atom. The molecule has 0 saturated carbocycles. The van der Waals surface area contributed by atoms with E-state index in [2.05, 4.69) is 42.3 Å². The molecule has 0 spiro atoms. The Morgan fingerprint density at radius 3 is 2.18 bits per heavy atom. The monoisotopic (exact) mass is 366 g/mol. The van der Waals surface area contributed by atoms with Crippen molar-refractivity contribution in [1.29, 1.82) is 0 Å². The molecule has 1 heterocycles. The van der Waals surface area contributed by atoms with Crippen molar-refractivity contribution in [3.05, 3.63) is 107 Å². The Labute approximate surface area is 164 Å². The van der Waals surface area contributed by atoms with E-state index in [9.17, 15) is 4.79 Å². The topological polar surface area (TPSA) is 44.9 Å². The van der Waals surface area contributed by atoms with Crippen molar-refractivity contribution in [2.45, 2.75) is 13.8 Å². The van der Waals surface area contributed by atoms with Crippen LogP contribution in [0.15, 0.2) is 84.9 Å². The van der Waals surface area contributed by atoms with Crippen LogP contribution in [0.1, 0.15) is 27.2 Å². The summed E-state index contributed by atoms with van der Waals surface area (Å²) >= 11 is 0. The zero-order chi connectivity index (χ0) is 19.5. The van der Waals surface area contributed by atoms with Gasteiger partial charge in [-0.3, -0.25) is 4.79 Å². The summed E-state index contributed by atoms with van der Waals surface area (Å²) in [6, 6.07) is 25.7. The zero-order valence-electron chi connectivity index (χ0n) is 16.0. The summed E-state index contributed by atoms with van der Waals surface area (Å²) in [4.78, 5) is 16.2. The van der Waals surface area contributed by atoms with Crippen molar-refractivity contribution in [1.82, 2.24) is 4.98 Å². The number of hydrogen-bond acceptors (Lipinski definition) is 2. The van der Waals surface area contributed by atoms with Gasteiger partial charge in [-0.15, -0.1) is 0 Å². The molecule has 28 heavy (non-hydrogen) atoms. The van der Waals surface area contributed by atoms with E-state index in [1.54, 1.807) is 6.08 Å². The number of benzene rings is 3.